The Labute approximate surface area is 168 Å². The summed E-state index contributed by atoms with van der Waals surface area (Å²) in [4.78, 5) is 27.1. The van der Waals surface area contributed by atoms with Crippen LogP contribution in [0.5, 0.6) is 5.75 Å². The van der Waals surface area contributed by atoms with Crippen molar-refractivity contribution >= 4 is 28.3 Å². The molecule has 0 unspecified atom stereocenters. The predicted molar refractivity (Wildman–Crippen MR) is 112 cm³/mol. The summed E-state index contributed by atoms with van der Waals surface area (Å²) in [6.07, 6.45) is 0. The normalized spacial score (nSPS) is 13.0. The summed E-state index contributed by atoms with van der Waals surface area (Å²) in [7, 11) is 0. The lowest BCUT2D eigenvalue weighted by atomic mass is 10.1. The first-order chi connectivity index (χ1) is 14.2. The Hall–Kier alpha value is -3.92. The van der Waals surface area contributed by atoms with Gasteiger partial charge in [-0.05, 0) is 29.8 Å². The summed E-state index contributed by atoms with van der Waals surface area (Å²) >= 11 is 0. The van der Waals surface area contributed by atoms with E-state index in [0.717, 1.165) is 16.3 Å². The molecule has 0 aliphatic carbocycles. The van der Waals surface area contributed by atoms with Crippen LogP contribution in [0.25, 0.3) is 10.8 Å². The first kappa shape index (κ1) is 17.2. The van der Waals surface area contributed by atoms with Crippen molar-refractivity contribution in [1.29, 1.82) is 0 Å². The molecule has 5 rings (SSSR count). The van der Waals surface area contributed by atoms with Crippen LogP contribution in [0.2, 0.25) is 0 Å². The molecule has 0 atom stereocenters. The number of nitrogens with zero attached hydrogens (tertiary/aromatic N) is 1. The molecule has 0 saturated heterocycles. The van der Waals surface area contributed by atoms with Gasteiger partial charge in [-0.1, -0.05) is 66.7 Å². The molecule has 2 amide bonds. The fourth-order valence-corrected chi connectivity index (χ4v) is 3.73. The van der Waals surface area contributed by atoms with Gasteiger partial charge in [-0.25, -0.2) is 4.90 Å². The van der Waals surface area contributed by atoms with Gasteiger partial charge in [-0.2, -0.15) is 0 Å². The Balaban J connectivity index is 1.55. The van der Waals surface area contributed by atoms with E-state index in [1.165, 1.54) is 4.90 Å². The highest BCUT2D eigenvalue weighted by atomic mass is 16.5. The number of benzene rings is 4. The molecule has 140 valence electrons. The predicted octanol–water partition coefficient (Wildman–Crippen LogP) is 5.22. The highest BCUT2D eigenvalue weighted by Crippen LogP contribution is 2.36. The van der Waals surface area contributed by atoms with Crippen molar-refractivity contribution in [2.45, 2.75) is 6.61 Å². The number of rotatable bonds is 4. The summed E-state index contributed by atoms with van der Waals surface area (Å²) in [5.41, 5.74) is 2.51. The molecule has 0 bridgehead atoms. The minimum Gasteiger partial charge on any atom is -0.488 e. The number of imide groups is 1. The molecule has 4 heteroatoms. The second kappa shape index (κ2) is 6.91. The van der Waals surface area contributed by atoms with E-state index in [1.807, 2.05) is 60.7 Å². The Kier molecular flexibility index (Phi) is 4.10. The zero-order valence-electron chi connectivity index (χ0n) is 15.5. The number of carbonyl (C=O) groups is 2. The van der Waals surface area contributed by atoms with Crippen LogP contribution in [0.15, 0.2) is 91.0 Å². The average molecular weight is 379 g/mol. The van der Waals surface area contributed by atoms with Crippen LogP contribution < -0.4 is 9.64 Å². The molecular weight excluding hydrogens is 362 g/mol. The summed E-state index contributed by atoms with van der Waals surface area (Å²) in [5.74, 6) is 0.118. The molecule has 1 aliphatic heterocycles. The largest absolute Gasteiger partial charge is 0.488 e. The van der Waals surface area contributed by atoms with Gasteiger partial charge >= 0.3 is 0 Å². The average Bonchev–Trinajstić information content (AvgIpc) is 3.03. The van der Waals surface area contributed by atoms with E-state index in [4.69, 9.17) is 4.74 Å². The van der Waals surface area contributed by atoms with Crippen molar-refractivity contribution in [2.75, 3.05) is 4.90 Å². The van der Waals surface area contributed by atoms with Crippen molar-refractivity contribution < 1.29 is 14.3 Å². The van der Waals surface area contributed by atoms with E-state index in [9.17, 15) is 9.59 Å². The van der Waals surface area contributed by atoms with Crippen molar-refractivity contribution in [1.82, 2.24) is 0 Å². The highest BCUT2D eigenvalue weighted by molar-refractivity contribution is 6.36. The summed E-state index contributed by atoms with van der Waals surface area (Å²) < 4.78 is 6.05. The van der Waals surface area contributed by atoms with Crippen LogP contribution in [0.3, 0.4) is 0 Å². The molecule has 4 aromatic rings. The van der Waals surface area contributed by atoms with E-state index in [-0.39, 0.29) is 11.8 Å². The molecular formula is C25H17NO3. The topological polar surface area (TPSA) is 46.6 Å². The Morgan fingerprint density at radius 1 is 0.621 bits per heavy atom. The van der Waals surface area contributed by atoms with Gasteiger partial charge in [0.25, 0.3) is 11.8 Å². The van der Waals surface area contributed by atoms with Crippen molar-refractivity contribution in [3.8, 4) is 5.75 Å². The highest BCUT2D eigenvalue weighted by Gasteiger charge is 2.37. The summed E-state index contributed by atoms with van der Waals surface area (Å²) in [6.45, 7) is 0.442. The van der Waals surface area contributed by atoms with Gasteiger partial charge in [-0.15, -0.1) is 0 Å². The molecule has 29 heavy (non-hydrogen) atoms. The fourth-order valence-electron chi connectivity index (χ4n) is 3.73. The van der Waals surface area contributed by atoms with Crippen LogP contribution >= 0.6 is 0 Å². The smallest absolute Gasteiger partial charge is 0.266 e. The van der Waals surface area contributed by atoms with Gasteiger partial charge in [0.2, 0.25) is 0 Å². The number of carbonyl (C=O) groups excluding carboxylic acids is 2. The van der Waals surface area contributed by atoms with Gasteiger partial charge < -0.3 is 4.74 Å². The van der Waals surface area contributed by atoms with E-state index in [0.29, 0.717) is 29.2 Å². The summed E-state index contributed by atoms with van der Waals surface area (Å²) in [5, 5.41) is 1.66. The molecule has 0 aromatic heterocycles. The van der Waals surface area contributed by atoms with Gasteiger partial charge in [-0.3, -0.25) is 9.59 Å². The van der Waals surface area contributed by atoms with Crippen LogP contribution in [0.4, 0.5) is 5.69 Å². The van der Waals surface area contributed by atoms with Crippen LogP contribution in [-0.4, -0.2) is 11.8 Å². The third-order valence-corrected chi connectivity index (χ3v) is 5.13. The zero-order chi connectivity index (χ0) is 19.8. The molecule has 4 aromatic carbocycles. The van der Waals surface area contributed by atoms with Gasteiger partial charge in [0.1, 0.15) is 12.4 Å². The zero-order valence-corrected chi connectivity index (χ0v) is 15.5. The lowest BCUT2D eigenvalue weighted by Crippen LogP contribution is -2.29. The first-order valence-corrected chi connectivity index (χ1v) is 9.40. The molecule has 0 fully saturated rings. The first-order valence-electron chi connectivity index (χ1n) is 9.40. The van der Waals surface area contributed by atoms with Crippen molar-refractivity contribution in [3.63, 3.8) is 0 Å². The number of ether oxygens (including phenoxy) is 1. The Morgan fingerprint density at radius 2 is 1.24 bits per heavy atom. The maximum Gasteiger partial charge on any atom is 0.266 e. The fraction of sp³-hybridized carbons (Fsp3) is 0.0400. The number of fused-ring (bicyclic) bond motifs is 2. The second-order valence-corrected chi connectivity index (χ2v) is 6.89. The standard InChI is InChI=1S/C25H17NO3/c27-24-20-10-4-5-11-21(20)25(28)26(24)22-14-6-13-19-18(22)12-7-15-23(19)29-16-17-8-2-1-3-9-17/h1-15H,16H2. The number of anilines is 1. The Bertz CT molecular complexity index is 1210. The lowest BCUT2D eigenvalue weighted by Gasteiger charge is -2.18. The van der Waals surface area contributed by atoms with E-state index < -0.39 is 0 Å². The van der Waals surface area contributed by atoms with E-state index in [1.54, 1.807) is 30.3 Å². The minimum absolute atomic E-state index is 0.297. The van der Waals surface area contributed by atoms with Crippen LogP contribution in [0, 0.1) is 0 Å². The molecule has 1 aliphatic rings. The SMILES string of the molecule is O=C1c2ccccc2C(=O)N1c1cccc2c(OCc3ccccc3)cccc12. The number of amides is 2. The molecule has 1 heterocycles. The summed E-state index contributed by atoms with van der Waals surface area (Å²) in [6, 6.07) is 28.1. The molecule has 0 radical (unpaired) electrons. The maximum atomic E-state index is 12.9. The Morgan fingerprint density at radius 3 is 1.97 bits per heavy atom. The van der Waals surface area contributed by atoms with Gasteiger partial charge in [0.15, 0.2) is 0 Å². The van der Waals surface area contributed by atoms with Crippen LogP contribution in [0.1, 0.15) is 26.3 Å². The van der Waals surface area contributed by atoms with Crippen molar-refractivity contribution in [3.05, 3.63) is 108 Å². The molecule has 4 nitrogen and oxygen atoms in total. The molecule has 0 N–H and O–H groups in total. The second-order valence-electron chi connectivity index (χ2n) is 6.89. The third-order valence-electron chi connectivity index (χ3n) is 5.13. The molecule has 0 spiro atoms. The van der Waals surface area contributed by atoms with E-state index in [2.05, 4.69) is 0 Å². The van der Waals surface area contributed by atoms with Crippen molar-refractivity contribution in [2.24, 2.45) is 0 Å². The minimum atomic E-state index is -0.297. The maximum absolute atomic E-state index is 12.9. The lowest BCUT2D eigenvalue weighted by molar-refractivity contribution is 0.0926. The number of hydrogen-bond donors (Lipinski definition) is 0. The van der Waals surface area contributed by atoms with Gasteiger partial charge in [0.05, 0.1) is 16.8 Å². The van der Waals surface area contributed by atoms with Crippen LogP contribution in [-0.2, 0) is 6.61 Å². The molecule has 0 saturated carbocycles. The third kappa shape index (κ3) is 2.86. The quantitative estimate of drug-likeness (QED) is 0.457. The van der Waals surface area contributed by atoms with E-state index >= 15 is 0 Å². The van der Waals surface area contributed by atoms with Gasteiger partial charge in [0, 0.05) is 10.8 Å². The monoisotopic (exact) mass is 379 g/mol. The number of hydrogen-bond acceptors (Lipinski definition) is 3.